The van der Waals surface area contributed by atoms with Gasteiger partial charge in [-0.3, -0.25) is 5.01 Å². The molecule has 5 heteroatoms. The summed E-state index contributed by atoms with van der Waals surface area (Å²) in [5.41, 5.74) is 1.92. The molecule has 0 aromatic carbocycles. The average Bonchev–Trinajstić information content (AvgIpc) is 2.15. The molecule has 1 rings (SSSR count). The highest BCUT2D eigenvalue weighted by molar-refractivity contribution is 6.00. The normalized spacial score (nSPS) is 10.6. The van der Waals surface area contributed by atoms with Crippen LogP contribution in [0.4, 0.5) is 5.82 Å². The Morgan fingerprint density at radius 2 is 2.12 bits per heavy atom. The molecule has 0 fully saturated rings. The monoisotopic (exact) mass is 223 g/mol. The molecule has 1 aromatic heterocycles. The van der Waals surface area contributed by atoms with E-state index < -0.39 is 0 Å². The molecule has 0 aliphatic heterocycles. The zero-order valence-electron chi connectivity index (χ0n) is 10.1. The number of hydrogen-bond donors (Lipinski definition) is 2. The van der Waals surface area contributed by atoms with E-state index in [4.69, 9.17) is 16.4 Å². The minimum atomic E-state index is 0.117. The van der Waals surface area contributed by atoms with Crippen LogP contribution in [0.3, 0.4) is 0 Å². The highest BCUT2D eigenvalue weighted by Crippen LogP contribution is 2.29. The molecule has 5 nitrogen and oxygen atoms in total. The van der Waals surface area contributed by atoms with Crippen LogP contribution in [0.5, 0.6) is 5.88 Å². The minimum absolute atomic E-state index is 0.117. The molecule has 0 radical (unpaired) electrons. The fraction of sp³-hybridized carbons (Fsp3) is 0.455. The summed E-state index contributed by atoms with van der Waals surface area (Å²) in [5, 5.41) is 16.9. The van der Waals surface area contributed by atoms with Gasteiger partial charge in [-0.25, -0.2) is 5.84 Å². The second kappa shape index (κ2) is 4.49. The molecule has 0 bridgehead atoms. The van der Waals surface area contributed by atoms with Crippen molar-refractivity contribution in [2.24, 2.45) is 5.84 Å². The van der Waals surface area contributed by atoms with E-state index in [1.165, 1.54) is 5.01 Å². The predicted molar refractivity (Wildman–Crippen MR) is 66.5 cm³/mol. The highest BCUT2D eigenvalue weighted by atomic mass is 16.3. The summed E-state index contributed by atoms with van der Waals surface area (Å²) in [6.07, 6.45) is 0. The lowest BCUT2D eigenvalue weighted by molar-refractivity contribution is 0.450. The lowest BCUT2D eigenvalue weighted by Crippen LogP contribution is -2.26. The minimum Gasteiger partial charge on any atom is -0.578 e. The van der Waals surface area contributed by atoms with E-state index in [9.17, 15) is 0 Å². The Morgan fingerprint density at radius 3 is 2.50 bits per heavy atom. The summed E-state index contributed by atoms with van der Waals surface area (Å²) in [7, 11) is 1.68. The summed E-state index contributed by atoms with van der Waals surface area (Å²) >= 11 is 0. The molecule has 1 heterocycles. The average molecular weight is 223 g/mol. The van der Waals surface area contributed by atoms with Gasteiger partial charge >= 0.3 is 5.88 Å². The molecule has 5 N–H and O–H groups in total. The topological polar surface area (TPSA) is 88.9 Å². The lowest BCUT2D eigenvalue weighted by Gasteiger charge is -2.16. The van der Waals surface area contributed by atoms with Crippen LogP contribution in [0.25, 0.3) is 0 Å². The van der Waals surface area contributed by atoms with Crippen LogP contribution in [0.1, 0.15) is 37.8 Å². The first kappa shape index (κ1) is 12.4. The van der Waals surface area contributed by atoms with E-state index in [-0.39, 0.29) is 11.8 Å². The number of rotatable bonds is 3. The third-order valence-corrected chi connectivity index (χ3v) is 2.39. The number of aromatic nitrogens is 1. The van der Waals surface area contributed by atoms with E-state index in [0.29, 0.717) is 17.1 Å². The van der Waals surface area contributed by atoms with Crippen LogP contribution in [0.15, 0.2) is 6.07 Å². The molecule has 0 atom stereocenters. The van der Waals surface area contributed by atoms with Crippen molar-refractivity contribution in [3.05, 3.63) is 17.2 Å². The predicted octanol–water partition coefficient (Wildman–Crippen LogP) is 1.34. The fourth-order valence-corrected chi connectivity index (χ4v) is 1.58. The molecule has 1 aromatic rings. The van der Waals surface area contributed by atoms with Gasteiger partial charge in [0.15, 0.2) is 5.82 Å². The number of nitrogens with one attached hydrogen (secondary N) is 1. The molecular formula is C11H19N4O+. The van der Waals surface area contributed by atoms with Gasteiger partial charge in [0.2, 0.25) is 0 Å². The van der Waals surface area contributed by atoms with Gasteiger partial charge < -0.3 is 10.5 Å². The van der Waals surface area contributed by atoms with E-state index in [1.54, 1.807) is 14.0 Å². The van der Waals surface area contributed by atoms with Gasteiger partial charge in [-0.2, -0.15) is 0 Å². The Balaban J connectivity index is 3.45. The molecule has 0 aliphatic rings. The van der Waals surface area contributed by atoms with Crippen molar-refractivity contribution in [1.82, 2.24) is 4.98 Å². The molecule has 16 heavy (non-hydrogen) atoms. The lowest BCUT2D eigenvalue weighted by atomic mass is 9.96. The number of hydrazine groups is 1. The van der Waals surface area contributed by atoms with Crippen molar-refractivity contribution in [2.45, 2.75) is 26.7 Å². The fourth-order valence-electron chi connectivity index (χ4n) is 1.58. The van der Waals surface area contributed by atoms with Crippen LogP contribution in [0, 0.1) is 5.41 Å². The Bertz CT molecular complexity index is 413. The van der Waals surface area contributed by atoms with Crippen molar-refractivity contribution in [3.63, 3.8) is 0 Å². The molecular weight excluding hydrogens is 204 g/mol. The van der Waals surface area contributed by atoms with Crippen LogP contribution in [-0.2, 0) is 0 Å². The summed E-state index contributed by atoms with van der Waals surface area (Å²) in [4.78, 5) is 4.06. The third-order valence-electron chi connectivity index (χ3n) is 2.39. The molecule has 0 amide bonds. The summed E-state index contributed by atoms with van der Waals surface area (Å²) in [5.74, 6) is 6.52. The zero-order chi connectivity index (χ0) is 12.5. The van der Waals surface area contributed by atoms with Crippen LogP contribution in [-0.4, -0.2) is 22.8 Å². The quantitative estimate of drug-likeness (QED) is 0.351. The van der Waals surface area contributed by atoms with Gasteiger partial charge in [0, 0.05) is 12.8 Å². The van der Waals surface area contributed by atoms with Gasteiger partial charge in [-0.1, -0.05) is 13.8 Å². The van der Waals surface area contributed by atoms with E-state index in [1.807, 2.05) is 19.9 Å². The smallest absolute Gasteiger partial charge is 0.368 e. The maximum atomic E-state index is 7.84. The van der Waals surface area contributed by atoms with Crippen molar-refractivity contribution >= 4 is 11.5 Å². The third kappa shape index (κ3) is 2.30. The maximum Gasteiger partial charge on any atom is 0.368 e. The van der Waals surface area contributed by atoms with Crippen LogP contribution < -0.4 is 10.9 Å². The van der Waals surface area contributed by atoms with E-state index >= 15 is 0 Å². The molecule has 88 valence electrons. The van der Waals surface area contributed by atoms with Crippen LogP contribution >= 0.6 is 0 Å². The first-order valence-electron chi connectivity index (χ1n) is 5.15. The standard InChI is InChI=1S/C11H18N4O/c1-6(2)8-5-9(15(4)13)14-11(16)10(8)7(3)12/h5-6,12H,13H2,1-4H3,(H,14,16)/p+1. The van der Waals surface area contributed by atoms with Crippen LogP contribution in [0.2, 0.25) is 0 Å². The molecule has 0 spiro atoms. The number of anilines is 1. The van der Waals surface area contributed by atoms with Gasteiger partial charge in [-0.05, 0) is 24.5 Å². The zero-order valence-corrected chi connectivity index (χ0v) is 10.1. The number of hydrogen-bond acceptors (Lipinski definition) is 4. The molecule has 0 saturated carbocycles. The highest BCUT2D eigenvalue weighted by Gasteiger charge is 2.20. The number of nitrogens with zero attached hydrogens (tertiary/aromatic N) is 2. The first-order chi connectivity index (χ1) is 7.34. The van der Waals surface area contributed by atoms with E-state index in [0.717, 1.165) is 5.56 Å². The van der Waals surface area contributed by atoms with Crippen molar-refractivity contribution < 1.29 is 5.11 Å². The van der Waals surface area contributed by atoms with Gasteiger partial charge in [0.05, 0.1) is 0 Å². The number of nitrogens with two attached hydrogens (primary N) is 1. The summed E-state index contributed by atoms with van der Waals surface area (Å²) < 4.78 is 0. The second-order valence-corrected chi connectivity index (χ2v) is 4.18. The summed E-state index contributed by atoms with van der Waals surface area (Å²) in [6, 6.07) is 1.84. The van der Waals surface area contributed by atoms with Crippen molar-refractivity contribution in [1.29, 1.82) is 5.41 Å². The maximum absolute atomic E-state index is 7.84. The Labute approximate surface area is 95.4 Å². The second-order valence-electron chi connectivity index (χ2n) is 4.18. The van der Waals surface area contributed by atoms with Gasteiger partial charge in [-0.15, -0.1) is 4.98 Å². The first-order valence-corrected chi connectivity index (χ1v) is 5.15. The van der Waals surface area contributed by atoms with Crippen molar-refractivity contribution in [3.8, 4) is 5.88 Å². The van der Waals surface area contributed by atoms with E-state index in [2.05, 4.69) is 4.98 Å². The SMILES string of the molecule is CC(=N)c1c(C(C)C)cc(N(C)N)nc1[OH2+]. The van der Waals surface area contributed by atoms with Gasteiger partial charge in [0.25, 0.3) is 0 Å². The summed E-state index contributed by atoms with van der Waals surface area (Å²) in [6.45, 7) is 5.73. The van der Waals surface area contributed by atoms with Gasteiger partial charge in [0.1, 0.15) is 5.56 Å². The Kier molecular flexibility index (Phi) is 3.49. The molecule has 0 unspecified atom stereocenters. The Hall–Kier alpha value is -1.62. The van der Waals surface area contributed by atoms with Crippen molar-refractivity contribution in [2.75, 3.05) is 12.1 Å². The molecule has 0 saturated heterocycles. The number of pyridine rings is 1. The molecule has 0 aliphatic carbocycles. The Morgan fingerprint density at radius 1 is 1.56 bits per heavy atom. The largest absolute Gasteiger partial charge is 0.578 e.